The maximum atomic E-state index is 12.9. The zero-order valence-corrected chi connectivity index (χ0v) is 17.9. The summed E-state index contributed by atoms with van der Waals surface area (Å²) in [5.74, 6) is -2.02. The summed E-state index contributed by atoms with van der Waals surface area (Å²) in [6.07, 6.45) is 0. The van der Waals surface area contributed by atoms with E-state index in [2.05, 4.69) is 0 Å². The third kappa shape index (κ3) is 3.92. The van der Waals surface area contributed by atoms with E-state index < -0.39 is 24.3 Å². The molecule has 0 aromatic heterocycles. The minimum atomic E-state index is -0.849. The van der Waals surface area contributed by atoms with Gasteiger partial charge in [0.2, 0.25) is 0 Å². The highest BCUT2D eigenvalue weighted by Crippen LogP contribution is 2.34. The van der Waals surface area contributed by atoms with Crippen molar-refractivity contribution in [2.75, 3.05) is 13.7 Å². The normalized spacial score (nSPS) is 12.1. The average molecular weight is 448 g/mol. The number of nitrogens with zero attached hydrogens (tertiary/aromatic N) is 1. The molecule has 0 unspecified atom stereocenters. The van der Waals surface area contributed by atoms with E-state index in [4.69, 9.17) is 16.3 Å². The molecule has 3 aromatic carbocycles. The smallest absolute Gasteiger partial charge is 0.340 e. The van der Waals surface area contributed by atoms with Crippen LogP contribution >= 0.6 is 11.6 Å². The second-order valence-electron chi connectivity index (χ2n) is 7.37. The number of fused-ring (bicyclic) bond motifs is 2. The molecule has 6 nitrogen and oxygen atoms in total. The Labute approximate surface area is 189 Å². The molecule has 4 rings (SSSR count). The second kappa shape index (κ2) is 8.77. The van der Waals surface area contributed by atoms with Crippen LogP contribution in [-0.2, 0) is 16.1 Å². The van der Waals surface area contributed by atoms with Crippen molar-refractivity contribution in [3.05, 3.63) is 105 Å². The molecule has 0 atom stereocenters. The second-order valence-corrected chi connectivity index (χ2v) is 7.74. The molecule has 0 bridgehead atoms. The molecule has 0 N–H and O–H groups in total. The van der Waals surface area contributed by atoms with Crippen LogP contribution in [0.4, 0.5) is 0 Å². The molecule has 0 aliphatic heterocycles. The number of carbonyl (C=O) groups excluding carboxylic acids is 4. The van der Waals surface area contributed by atoms with Gasteiger partial charge in [0, 0.05) is 30.3 Å². The van der Waals surface area contributed by atoms with Gasteiger partial charge in [0.1, 0.15) is 0 Å². The lowest BCUT2D eigenvalue weighted by Gasteiger charge is -2.20. The van der Waals surface area contributed by atoms with Crippen molar-refractivity contribution in [1.82, 2.24) is 4.90 Å². The molecule has 1 amide bonds. The topological polar surface area (TPSA) is 80.8 Å². The monoisotopic (exact) mass is 447 g/mol. The molecular weight excluding hydrogens is 430 g/mol. The Morgan fingerprint density at radius 2 is 1.47 bits per heavy atom. The fourth-order valence-corrected chi connectivity index (χ4v) is 3.89. The van der Waals surface area contributed by atoms with Gasteiger partial charge >= 0.3 is 5.97 Å². The predicted molar refractivity (Wildman–Crippen MR) is 118 cm³/mol. The summed E-state index contributed by atoms with van der Waals surface area (Å²) in [7, 11) is 1.61. The Morgan fingerprint density at radius 1 is 0.844 bits per heavy atom. The molecule has 0 fully saturated rings. The summed E-state index contributed by atoms with van der Waals surface area (Å²) in [6.45, 7) is -0.113. The largest absolute Gasteiger partial charge is 0.452 e. The molecule has 0 spiro atoms. The maximum absolute atomic E-state index is 12.9. The highest BCUT2D eigenvalue weighted by molar-refractivity contribution is 6.41. The number of likely N-dealkylation sites (N-methyl/N-ethyl adjacent to an activating group) is 1. The number of carbonyl (C=O) groups is 4. The molecule has 0 radical (unpaired) electrons. The first-order valence-corrected chi connectivity index (χ1v) is 10.2. The summed E-state index contributed by atoms with van der Waals surface area (Å²) in [6, 6.07) is 18.6. The van der Waals surface area contributed by atoms with Gasteiger partial charge in [-0.1, -0.05) is 66.2 Å². The molecule has 0 heterocycles. The van der Waals surface area contributed by atoms with Crippen molar-refractivity contribution in [3.63, 3.8) is 0 Å². The van der Waals surface area contributed by atoms with Gasteiger partial charge < -0.3 is 9.64 Å². The number of esters is 1. The number of ketones is 2. The Kier molecular flexibility index (Phi) is 5.88. The number of halogens is 1. The molecule has 0 saturated heterocycles. The zero-order valence-electron chi connectivity index (χ0n) is 17.1. The lowest BCUT2D eigenvalue weighted by molar-refractivity contribution is -0.133. The quantitative estimate of drug-likeness (QED) is 0.433. The predicted octanol–water partition coefficient (Wildman–Crippen LogP) is 3.93. The van der Waals surface area contributed by atoms with E-state index in [1.807, 2.05) is 30.3 Å². The minimum Gasteiger partial charge on any atom is -0.452 e. The summed E-state index contributed by atoms with van der Waals surface area (Å²) in [5.41, 5.74) is 1.49. The Balaban J connectivity index is 1.50. The Hall–Kier alpha value is -3.77. The highest BCUT2D eigenvalue weighted by Gasteiger charge is 2.33. The first-order valence-electron chi connectivity index (χ1n) is 9.84. The number of ether oxygens (including phenoxy) is 1. The van der Waals surface area contributed by atoms with Gasteiger partial charge in [-0.3, -0.25) is 14.4 Å². The van der Waals surface area contributed by atoms with Crippen molar-refractivity contribution >= 4 is 35.0 Å². The fraction of sp³-hybridized carbons (Fsp3) is 0.120. The van der Waals surface area contributed by atoms with Crippen LogP contribution in [0.1, 0.15) is 47.8 Å². The molecule has 160 valence electrons. The van der Waals surface area contributed by atoms with Crippen LogP contribution in [0.25, 0.3) is 0 Å². The van der Waals surface area contributed by atoms with E-state index in [-0.39, 0.29) is 33.1 Å². The van der Waals surface area contributed by atoms with E-state index in [1.165, 1.54) is 17.0 Å². The lowest BCUT2D eigenvalue weighted by Crippen LogP contribution is -2.31. The van der Waals surface area contributed by atoms with Gasteiger partial charge in [0.25, 0.3) is 5.91 Å². The third-order valence-electron chi connectivity index (χ3n) is 5.26. The van der Waals surface area contributed by atoms with Gasteiger partial charge in [0.05, 0.1) is 16.1 Å². The van der Waals surface area contributed by atoms with E-state index in [0.717, 1.165) is 5.56 Å². The van der Waals surface area contributed by atoms with E-state index in [0.29, 0.717) is 12.1 Å². The zero-order chi connectivity index (χ0) is 22.8. The summed E-state index contributed by atoms with van der Waals surface area (Å²) < 4.78 is 5.14. The van der Waals surface area contributed by atoms with Gasteiger partial charge in [0.15, 0.2) is 18.2 Å². The van der Waals surface area contributed by atoms with Crippen LogP contribution in [0.2, 0.25) is 5.02 Å². The fourth-order valence-electron chi connectivity index (χ4n) is 3.56. The average Bonchev–Trinajstić information content (AvgIpc) is 2.81. The van der Waals surface area contributed by atoms with Gasteiger partial charge in [-0.2, -0.15) is 0 Å². The summed E-state index contributed by atoms with van der Waals surface area (Å²) in [4.78, 5) is 52.1. The third-order valence-corrected chi connectivity index (χ3v) is 5.66. The van der Waals surface area contributed by atoms with Crippen molar-refractivity contribution < 1.29 is 23.9 Å². The van der Waals surface area contributed by atoms with Crippen molar-refractivity contribution in [2.45, 2.75) is 6.54 Å². The van der Waals surface area contributed by atoms with Crippen LogP contribution in [-0.4, -0.2) is 42.0 Å². The van der Waals surface area contributed by atoms with Crippen LogP contribution < -0.4 is 0 Å². The standard InChI is InChI=1S/C25H18ClNO5/c1-27(13-15-7-3-2-4-8-15)20(28)14-32-25(31)19-12-11-18-21(22(19)26)24(30)17-10-6-5-9-16(17)23(18)29/h2-12H,13-14H2,1H3. The first-order chi connectivity index (χ1) is 15.4. The number of rotatable bonds is 5. The van der Waals surface area contributed by atoms with Crippen LogP contribution in [0, 0.1) is 0 Å². The Bertz CT molecular complexity index is 1250. The van der Waals surface area contributed by atoms with E-state index >= 15 is 0 Å². The molecule has 0 saturated carbocycles. The van der Waals surface area contributed by atoms with Crippen LogP contribution in [0.3, 0.4) is 0 Å². The molecule has 3 aromatic rings. The SMILES string of the molecule is CN(Cc1ccccc1)C(=O)COC(=O)c1ccc2c(c1Cl)C(=O)c1ccccc1C2=O. The molecular formula is C25H18ClNO5. The number of benzene rings is 3. The summed E-state index contributed by atoms with van der Waals surface area (Å²) in [5, 5.41) is -0.162. The molecule has 7 heteroatoms. The number of hydrogen-bond donors (Lipinski definition) is 0. The van der Waals surface area contributed by atoms with Crippen molar-refractivity contribution in [3.8, 4) is 0 Å². The van der Waals surface area contributed by atoms with Crippen molar-refractivity contribution in [2.24, 2.45) is 0 Å². The van der Waals surface area contributed by atoms with Crippen LogP contribution in [0.5, 0.6) is 0 Å². The van der Waals surface area contributed by atoms with Crippen LogP contribution in [0.15, 0.2) is 66.7 Å². The first kappa shape index (κ1) is 21.5. The van der Waals surface area contributed by atoms with Gasteiger partial charge in [-0.15, -0.1) is 0 Å². The number of amides is 1. The molecule has 1 aliphatic rings. The van der Waals surface area contributed by atoms with E-state index in [9.17, 15) is 19.2 Å². The molecule has 32 heavy (non-hydrogen) atoms. The maximum Gasteiger partial charge on any atom is 0.340 e. The lowest BCUT2D eigenvalue weighted by atomic mass is 9.83. The Morgan fingerprint density at radius 3 is 2.16 bits per heavy atom. The van der Waals surface area contributed by atoms with E-state index in [1.54, 1.807) is 31.3 Å². The molecule has 1 aliphatic carbocycles. The number of hydrogen-bond acceptors (Lipinski definition) is 5. The van der Waals surface area contributed by atoms with Gasteiger partial charge in [-0.05, 0) is 17.7 Å². The van der Waals surface area contributed by atoms with Crippen molar-refractivity contribution in [1.29, 1.82) is 0 Å². The summed E-state index contributed by atoms with van der Waals surface area (Å²) >= 11 is 6.36. The highest BCUT2D eigenvalue weighted by atomic mass is 35.5. The van der Waals surface area contributed by atoms with Gasteiger partial charge in [-0.25, -0.2) is 4.79 Å². The minimum absolute atomic E-state index is 0.0302.